The minimum atomic E-state index is -0.795. The molecule has 2 aromatic rings. The molecule has 0 radical (unpaired) electrons. The molecule has 3 rings (SSSR count). The molecule has 0 bridgehead atoms. The highest BCUT2D eigenvalue weighted by Crippen LogP contribution is 2.35. The monoisotopic (exact) mass is 433 g/mol. The third-order valence-corrected chi connectivity index (χ3v) is 6.50. The number of carboxylic acids is 1. The molecule has 1 fully saturated rings. The zero-order chi connectivity index (χ0) is 20.1. The van der Waals surface area contributed by atoms with Gasteiger partial charge in [-0.3, -0.25) is 14.5 Å². The van der Waals surface area contributed by atoms with Crippen molar-refractivity contribution in [2.75, 3.05) is 6.54 Å². The summed E-state index contributed by atoms with van der Waals surface area (Å²) >= 11 is 8.18. The first kappa shape index (κ1) is 20.6. The number of carboxylic acid groups (broad SMARTS) is 1. The van der Waals surface area contributed by atoms with Gasteiger partial charge in [0.1, 0.15) is 10.1 Å². The first-order valence-corrected chi connectivity index (χ1v) is 10.9. The number of aromatic hydroxyl groups is 1. The van der Waals surface area contributed by atoms with Crippen LogP contribution in [0.4, 0.5) is 0 Å². The number of aliphatic carboxylic acids is 1. The number of amides is 1. The van der Waals surface area contributed by atoms with Crippen molar-refractivity contribution >= 4 is 57.6 Å². The number of nitrogens with zero attached hydrogens (tertiary/aromatic N) is 1. The fourth-order valence-electron chi connectivity index (χ4n) is 2.78. The summed E-state index contributed by atoms with van der Waals surface area (Å²) in [7, 11) is 0. The summed E-state index contributed by atoms with van der Waals surface area (Å²) in [6, 6.07) is 9.01. The number of hydrogen-bond acceptors (Lipinski definition) is 6. The van der Waals surface area contributed by atoms with E-state index in [2.05, 4.69) is 0 Å². The predicted octanol–water partition coefficient (Wildman–Crippen LogP) is 4.97. The number of benzene rings is 1. The van der Waals surface area contributed by atoms with Crippen molar-refractivity contribution in [2.24, 2.45) is 0 Å². The average molecular weight is 434 g/mol. The van der Waals surface area contributed by atoms with Gasteiger partial charge in [-0.05, 0) is 53.6 Å². The van der Waals surface area contributed by atoms with Crippen molar-refractivity contribution in [1.82, 2.24) is 4.90 Å². The summed E-state index contributed by atoms with van der Waals surface area (Å²) in [5.74, 6) is -0.658. The number of rotatable bonds is 8. The number of carbonyl (C=O) groups excluding carboxylic acids is 1. The van der Waals surface area contributed by atoms with Gasteiger partial charge in [-0.2, -0.15) is 0 Å². The van der Waals surface area contributed by atoms with Gasteiger partial charge >= 0.3 is 5.97 Å². The molecule has 1 aliphatic rings. The van der Waals surface area contributed by atoms with E-state index < -0.39 is 5.97 Å². The van der Waals surface area contributed by atoms with Gasteiger partial charge in [-0.25, -0.2) is 0 Å². The molecule has 0 unspecified atom stereocenters. The van der Waals surface area contributed by atoms with E-state index in [4.69, 9.17) is 17.3 Å². The van der Waals surface area contributed by atoms with Crippen LogP contribution in [0.25, 0.3) is 17.2 Å². The van der Waals surface area contributed by atoms with Crippen molar-refractivity contribution in [3.05, 3.63) is 45.5 Å². The Morgan fingerprint density at radius 2 is 1.89 bits per heavy atom. The van der Waals surface area contributed by atoms with Gasteiger partial charge in [0.2, 0.25) is 0 Å². The number of phenols is 1. The molecular weight excluding hydrogens is 414 g/mol. The van der Waals surface area contributed by atoms with Crippen molar-refractivity contribution in [3.8, 4) is 16.9 Å². The van der Waals surface area contributed by atoms with Gasteiger partial charge in [0.25, 0.3) is 5.91 Å². The standard InChI is InChI=1S/C20H19NO4S3/c22-15-7-5-13(6-8-15)14-10-16(27-12-14)11-17-19(25)21(20(26)28-17)9-3-1-2-4-18(23)24/h5-8,10-12,22H,1-4,9H2,(H,23,24)/b17-11-. The maximum Gasteiger partial charge on any atom is 0.303 e. The number of thiocarbonyl (C=S) groups is 1. The summed E-state index contributed by atoms with van der Waals surface area (Å²) in [4.78, 5) is 26.3. The van der Waals surface area contributed by atoms with Gasteiger partial charge in [0, 0.05) is 17.8 Å². The second-order valence-corrected chi connectivity index (χ2v) is 8.94. The van der Waals surface area contributed by atoms with E-state index in [0.29, 0.717) is 22.2 Å². The van der Waals surface area contributed by atoms with E-state index in [1.165, 1.54) is 11.8 Å². The lowest BCUT2D eigenvalue weighted by Crippen LogP contribution is -2.29. The molecule has 146 valence electrons. The normalized spacial score (nSPS) is 15.6. The Morgan fingerprint density at radius 1 is 1.14 bits per heavy atom. The van der Waals surface area contributed by atoms with Gasteiger partial charge in [0.15, 0.2) is 0 Å². The fourth-order valence-corrected chi connectivity index (χ4v) is 5.00. The molecule has 2 heterocycles. The van der Waals surface area contributed by atoms with Crippen molar-refractivity contribution in [3.63, 3.8) is 0 Å². The van der Waals surface area contributed by atoms with Crippen LogP contribution in [0.15, 0.2) is 40.6 Å². The molecule has 5 nitrogen and oxygen atoms in total. The summed E-state index contributed by atoms with van der Waals surface area (Å²) < 4.78 is 0.546. The van der Waals surface area contributed by atoms with E-state index in [1.54, 1.807) is 28.4 Å². The predicted molar refractivity (Wildman–Crippen MR) is 117 cm³/mol. The third-order valence-electron chi connectivity index (χ3n) is 4.24. The molecule has 0 aliphatic carbocycles. The Labute approximate surface area is 176 Å². The highest BCUT2D eigenvalue weighted by molar-refractivity contribution is 8.26. The summed E-state index contributed by atoms with van der Waals surface area (Å²) in [6.45, 7) is 0.519. The van der Waals surface area contributed by atoms with Crippen LogP contribution in [0.5, 0.6) is 5.75 Å². The number of phenolic OH excluding ortho intramolecular Hbond substituents is 1. The van der Waals surface area contributed by atoms with Crippen molar-refractivity contribution in [2.45, 2.75) is 25.7 Å². The molecule has 0 spiro atoms. The summed E-state index contributed by atoms with van der Waals surface area (Å²) in [5.41, 5.74) is 2.03. The Hall–Kier alpha value is -2.16. The highest BCUT2D eigenvalue weighted by Gasteiger charge is 2.31. The maximum absolute atomic E-state index is 12.6. The first-order chi connectivity index (χ1) is 13.4. The summed E-state index contributed by atoms with van der Waals surface area (Å²) in [5, 5.41) is 20.1. The molecule has 1 aromatic carbocycles. The van der Waals surface area contributed by atoms with Gasteiger partial charge in [-0.1, -0.05) is 42.5 Å². The number of thiophene rings is 1. The SMILES string of the molecule is O=C(O)CCCCCN1C(=O)/C(=C/c2cc(-c3ccc(O)cc3)cs2)SC1=S. The molecule has 8 heteroatoms. The quantitative estimate of drug-likeness (QED) is 0.348. The van der Waals surface area contributed by atoms with Crippen LogP contribution in [0.3, 0.4) is 0 Å². The maximum atomic E-state index is 12.6. The lowest BCUT2D eigenvalue weighted by atomic mass is 10.1. The Bertz CT molecular complexity index is 918. The van der Waals surface area contributed by atoms with Crippen LogP contribution in [0, 0.1) is 0 Å². The lowest BCUT2D eigenvalue weighted by molar-refractivity contribution is -0.137. The van der Waals surface area contributed by atoms with Crippen molar-refractivity contribution in [1.29, 1.82) is 0 Å². The Morgan fingerprint density at radius 3 is 2.61 bits per heavy atom. The highest BCUT2D eigenvalue weighted by atomic mass is 32.2. The van der Waals surface area contributed by atoms with E-state index >= 15 is 0 Å². The number of unbranched alkanes of at least 4 members (excludes halogenated alkanes) is 2. The second-order valence-electron chi connectivity index (χ2n) is 6.32. The van der Waals surface area contributed by atoms with Gasteiger partial charge in [0.05, 0.1) is 4.91 Å². The average Bonchev–Trinajstić information content (AvgIpc) is 3.22. The van der Waals surface area contributed by atoms with E-state index in [9.17, 15) is 14.7 Å². The number of thioether (sulfide) groups is 1. The van der Waals surface area contributed by atoms with Crippen LogP contribution in [0.1, 0.15) is 30.6 Å². The molecule has 1 saturated heterocycles. The molecule has 1 amide bonds. The Balaban J connectivity index is 1.62. The first-order valence-electron chi connectivity index (χ1n) is 8.79. The molecule has 1 aromatic heterocycles. The van der Waals surface area contributed by atoms with Crippen LogP contribution in [-0.2, 0) is 9.59 Å². The minimum absolute atomic E-state index is 0.0900. The van der Waals surface area contributed by atoms with Crippen LogP contribution in [-0.4, -0.2) is 37.9 Å². The molecule has 0 atom stereocenters. The molecule has 1 aliphatic heterocycles. The van der Waals surface area contributed by atoms with E-state index in [1.807, 2.05) is 29.7 Å². The molecule has 0 saturated carbocycles. The number of carbonyl (C=O) groups is 2. The zero-order valence-corrected chi connectivity index (χ0v) is 17.4. The second kappa shape index (κ2) is 9.36. The van der Waals surface area contributed by atoms with Crippen LogP contribution in [0.2, 0.25) is 0 Å². The largest absolute Gasteiger partial charge is 0.508 e. The molecule has 28 heavy (non-hydrogen) atoms. The molecule has 2 N–H and O–H groups in total. The van der Waals surface area contributed by atoms with Gasteiger partial charge < -0.3 is 10.2 Å². The topological polar surface area (TPSA) is 77.8 Å². The van der Waals surface area contributed by atoms with Crippen molar-refractivity contribution < 1.29 is 19.8 Å². The summed E-state index contributed by atoms with van der Waals surface area (Å²) in [6.07, 6.45) is 4.11. The van der Waals surface area contributed by atoms with E-state index in [0.717, 1.165) is 28.8 Å². The smallest absolute Gasteiger partial charge is 0.303 e. The zero-order valence-electron chi connectivity index (χ0n) is 15.0. The minimum Gasteiger partial charge on any atom is -0.508 e. The third kappa shape index (κ3) is 5.21. The fraction of sp³-hybridized carbons (Fsp3) is 0.250. The molecular formula is C20H19NO4S3. The van der Waals surface area contributed by atoms with Gasteiger partial charge in [-0.15, -0.1) is 11.3 Å². The van der Waals surface area contributed by atoms with Crippen LogP contribution >= 0.6 is 35.3 Å². The van der Waals surface area contributed by atoms with Crippen LogP contribution < -0.4 is 0 Å². The Kier molecular flexibility index (Phi) is 6.88. The van der Waals surface area contributed by atoms with E-state index in [-0.39, 0.29) is 18.1 Å². The lowest BCUT2D eigenvalue weighted by Gasteiger charge is -2.13. The number of hydrogen-bond donors (Lipinski definition) is 2.